The molecule has 5 N–H and O–H groups in total. The van der Waals surface area contributed by atoms with Crippen LogP contribution in [0.3, 0.4) is 0 Å². The van der Waals surface area contributed by atoms with Crippen LogP contribution in [0.5, 0.6) is 0 Å². The van der Waals surface area contributed by atoms with Gasteiger partial charge >= 0.3 is 11.8 Å². The molecule has 162 valence electrons. The summed E-state index contributed by atoms with van der Waals surface area (Å²) in [4.78, 5) is 36.1. The zero-order chi connectivity index (χ0) is 22.1. The van der Waals surface area contributed by atoms with Gasteiger partial charge in [0.1, 0.15) is 5.82 Å². The van der Waals surface area contributed by atoms with E-state index in [-0.39, 0.29) is 6.04 Å². The number of anilines is 3. The summed E-state index contributed by atoms with van der Waals surface area (Å²) in [6.45, 7) is 4.57. The van der Waals surface area contributed by atoms with E-state index >= 15 is 0 Å². The highest BCUT2D eigenvalue weighted by atomic mass is 32.1. The Hall–Kier alpha value is -3.20. The topological polar surface area (TPSA) is 127 Å². The van der Waals surface area contributed by atoms with Crippen molar-refractivity contribution in [3.63, 3.8) is 0 Å². The second-order valence-corrected chi connectivity index (χ2v) is 9.07. The number of pyridine rings is 1. The van der Waals surface area contributed by atoms with Crippen LogP contribution in [0.4, 0.5) is 16.6 Å². The van der Waals surface area contributed by atoms with Gasteiger partial charge in [0.25, 0.3) is 0 Å². The monoisotopic (exact) mass is 438 g/mol. The number of carbonyl (C=O) groups excluding carboxylic acids is 2. The maximum absolute atomic E-state index is 13.2. The molecule has 0 saturated carbocycles. The van der Waals surface area contributed by atoms with Gasteiger partial charge in [0.15, 0.2) is 5.13 Å². The van der Waals surface area contributed by atoms with Crippen molar-refractivity contribution < 1.29 is 9.59 Å². The molecule has 31 heavy (non-hydrogen) atoms. The van der Waals surface area contributed by atoms with Gasteiger partial charge in [0.2, 0.25) is 0 Å². The molecular weight excluding hydrogens is 412 g/mol. The number of aryl methyl sites for hydroxylation is 1. The Labute approximate surface area is 184 Å². The summed E-state index contributed by atoms with van der Waals surface area (Å²) in [5.41, 5.74) is 14.7. The molecule has 8 nitrogen and oxygen atoms in total. The van der Waals surface area contributed by atoms with Gasteiger partial charge in [-0.2, -0.15) is 0 Å². The first-order valence-corrected chi connectivity index (χ1v) is 11.2. The normalized spacial score (nSPS) is 18.8. The fraction of sp³-hybridized carbons (Fsp3) is 0.364. The molecule has 3 aromatic rings. The van der Waals surface area contributed by atoms with Crippen molar-refractivity contribution >= 4 is 50.0 Å². The average Bonchev–Trinajstić information content (AvgIpc) is 3.13. The van der Waals surface area contributed by atoms with Crippen molar-refractivity contribution in [2.24, 2.45) is 5.92 Å². The molecule has 1 saturated heterocycles. The number of likely N-dealkylation sites (tertiary alicyclic amines) is 1. The number of amides is 2. The van der Waals surface area contributed by atoms with E-state index in [9.17, 15) is 9.59 Å². The second-order valence-electron chi connectivity index (χ2n) is 8.01. The summed E-state index contributed by atoms with van der Waals surface area (Å²) in [5, 5.41) is 3.20. The van der Waals surface area contributed by atoms with Gasteiger partial charge < -0.3 is 21.7 Å². The zero-order valence-electron chi connectivity index (χ0n) is 17.6. The summed E-state index contributed by atoms with van der Waals surface area (Å²) in [6.07, 6.45) is 3.92. The number of fused-ring (bicyclic) bond motifs is 1. The first kappa shape index (κ1) is 21.0. The smallest absolute Gasteiger partial charge is 0.313 e. The predicted octanol–water partition coefficient (Wildman–Crippen LogP) is 3.36. The fourth-order valence-electron chi connectivity index (χ4n) is 4.08. The molecule has 2 aromatic heterocycles. The highest BCUT2D eigenvalue weighted by molar-refractivity contribution is 7.22. The van der Waals surface area contributed by atoms with Gasteiger partial charge in [-0.25, -0.2) is 9.97 Å². The van der Waals surface area contributed by atoms with Crippen LogP contribution in [-0.2, 0) is 16.0 Å². The Morgan fingerprint density at radius 3 is 2.84 bits per heavy atom. The molecule has 2 atom stereocenters. The zero-order valence-corrected chi connectivity index (χ0v) is 18.4. The van der Waals surface area contributed by atoms with Crippen LogP contribution >= 0.6 is 11.3 Å². The van der Waals surface area contributed by atoms with Crippen molar-refractivity contribution in [1.29, 1.82) is 0 Å². The number of nitrogens with one attached hydrogen (secondary N) is 1. The SMILES string of the molecule is CCc1cc(NC(=O)C(=O)N2C[C@H](C)CC[C@H]2c2ccc3sc(N)nc3c2)cnc1N. The molecule has 1 fully saturated rings. The van der Waals surface area contributed by atoms with E-state index in [1.807, 2.05) is 25.1 Å². The Morgan fingerprint density at radius 2 is 2.06 bits per heavy atom. The number of hydrogen-bond donors (Lipinski definition) is 3. The number of nitrogens with two attached hydrogens (primary N) is 2. The van der Waals surface area contributed by atoms with Crippen LogP contribution in [0, 0.1) is 5.92 Å². The third-order valence-electron chi connectivity index (χ3n) is 5.73. The quantitative estimate of drug-likeness (QED) is 0.538. The van der Waals surface area contributed by atoms with Gasteiger partial charge in [-0.15, -0.1) is 0 Å². The minimum atomic E-state index is -0.674. The lowest BCUT2D eigenvalue weighted by molar-refractivity contribution is -0.146. The first-order valence-electron chi connectivity index (χ1n) is 10.4. The molecule has 1 aromatic carbocycles. The lowest BCUT2D eigenvalue weighted by Gasteiger charge is -2.38. The van der Waals surface area contributed by atoms with Crippen LogP contribution in [0.15, 0.2) is 30.5 Å². The summed E-state index contributed by atoms with van der Waals surface area (Å²) in [5.74, 6) is -0.484. The summed E-state index contributed by atoms with van der Waals surface area (Å²) < 4.78 is 1.00. The number of carbonyl (C=O) groups is 2. The summed E-state index contributed by atoms with van der Waals surface area (Å²) in [6, 6.07) is 7.52. The number of nitrogens with zero attached hydrogens (tertiary/aromatic N) is 3. The highest BCUT2D eigenvalue weighted by Crippen LogP contribution is 2.36. The van der Waals surface area contributed by atoms with Gasteiger partial charge in [0.05, 0.1) is 28.1 Å². The largest absolute Gasteiger partial charge is 0.383 e. The Balaban J connectivity index is 1.57. The van der Waals surface area contributed by atoms with Gasteiger partial charge in [-0.1, -0.05) is 31.3 Å². The van der Waals surface area contributed by atoms with Crippen LogP contribution in [0.1, 0.15) is 43.9 Å². The molecular formula is C22H26N6O2S. The molecule has 0 radical (unpaired) electrons. The summed E-state index contributed by atoms with van der Waals surface area (Å²) >= 11 is 1.43. The van der Waals surface area contributed by atoms with E-state index < -0.39 is 11.8 Å². The van der Waals surface area contributed by atoms with Crippen molar-refractivity contribution in [3.8, 4) is 0 Å². The van der Waals surface area contributed by atoms with Crippen molar-refractivity contribution in [3.05, 3.63) is 41.6 Å². The van der Waals surface area contributed by atoms with E-state index in [2.05, 4.69) is 22.2 Å². The molecule has 0 spiro atoms. The van der Waals surface area contributed by atoms with E-state index in [1.165, 1.54) is 17.5 Å². The Kier molecular flexibility index (Phi) is 5.77. The molecule has 3 heterocycles. The van der Waals surface area contributed by atoms with Crippen LogP contribution in [0.25, 0.3) is 10.2 Å². The summed E-state index contributed by atoms with van der Waals surface area (Å²) in [7, 11) is 0. The predicted molar refractivity (Wildman–Crippen MR) is 124 cm³/mol. The number of piperidine rings is 1. The van der Waals surface area contributed by atoms with E-state index in [0.29, 0.717) is 35.5 Å². The lowest BCUT2D eigenvalue weighted by atomic mass is 9.89. The molecule has 0 unspecified atom stereocenters. The maximum atomic E-state index is 13.2. The molecule has 2 amide bonds. The molecule has 4 rings (SSSR count). The third kappa shape index (κ3) is 4.32. The molecule has 0 bridgehead atoms. The van der Waals surface area contributed by atoms with Crippen molar-refractivity contribution in [1.82, 2.24) is 14.9 Å². The maximum Gasteiger partial charge on any atom is 0.313 e. The molecule has 0 aliphatic carbocycles. The number of thiazole rings is 1. The van der Waals surface area contributed by atoms with Crippen molar-refractivity contribution in [2.45, 2.75) is 39.2 Å². The number of hydrogen-bond acceptors (Lipinski definition) is 7. The Morgan fingerprint density at radius 1 is 1.26 bits per heavy atom. The van der Waals surface area contributed by atoms with Gasteiger partial charge in [-0.05, 0) is 54.5 Å². The average molecular weight is 439 g/mol. The first-order chi connectivity index (χ1) is 14.9. The highest BCUT2D eigenvalue weighted by Gasteiger charge is 2.34. The lowest BCUT2D eigenvalue weighted by Crippen LogP contribution is -2.46. The van der Waals surface area contributed by atoms with E-state index in [1.54, 1.807) is 11.0 Å². The number of nitrogen functional groups attached to an aromatic ring is 2. The van der Waals surface area contributed by atoms with E-state index in [0.717, 1.165) is 34.2 Å². The number of benzene rings is 1. The molecule has 1 aliphatic heterocycles. The number of rotatable bonds is 3. The van der Waals surface area contributed by atoms with Crippen molar-refractivity contribution in [2.75, 3.05) is 23.3 Å². The van der Waals surface area contributed by atoms with Crippen LogP contribution < -0.4 is 16.8 Å². The second kappa shape index (κ2) is 8.50. The van der Waals surface area contributed by atoms with E-state index in [4.69, 9.17) is 11.5 Å². The number of aromatic nitrogens is 2. The minimum absolute atomic E-state index is 0.183. The van der Waals surface area contributed by atoms with Crippen LogP contribution in [-0.4, -0.2) is 33.2 Å². The minimum Gasteiger partial charge on any atom is -0.383 e. The fourth-order valence-corrected chi connectivity index (χ4v) is 4.80. The Bertz CT molecular complexity index is 1140. The van der Waals surface area contributed by atoms with Crippen LogP contribution in [0.2, 0.25) is 0 Å². The van der Waals surface area contributed by atoms with Gasteiger partial charge in [0, 0.05) is 6.54 Å². The standard InChI is InChI=1S/C22H26N6O2S/c1-3-13-8-15(10-25-19(13)23)26-20(29)21(30)28-11-12(2)4-6-17(28)14-5-7-18-16(9-14)27-22(24)31-18/h5,7-10,12,17H,3-4,6,11H2,1-2H3,(H2,23,25)(H2,24,27)(H,26,29)/t12-,17+/m1/s1. The van der Waals surface area contributed by atoms with Gasteiger partial charge in [-0.3, -0.25) is 9.59 Å². The molecule has 9 heteroatoms. The molecule has 1 aliphatic rings. The third-order valence-corrected chi connectivity index (χ3v) is 6.59.